The Balaban J connectivity index is 1.59. The number of urea groups is 1. The fourth-order valence-corrected chi connectivity index (χ4v) is 5.40. The molecule has 3 aromatic rings. The Morgan fingerprint density at radius 2 is 1.97 bits per heavy atom. The lowest BCUT2D eigenvalue weighted by Crippen LogP contribution is -2.44. The van der Waals surface area contributed by atoms with Crippen molar-refractivity contribution in [3.8, 4) is 0 Å². The minimum Gasteiger partial charge on any atom is -0.337 e. The molecule has 12 heteroatoms. The average molecular weight is 542 g/mol. The number of nitrogens with zero attached hydrogens (tertiary/aromatic N) is 5. The van der Waals surface area contributed by atoms with Gasteiger partial charge in [0.2, 0.25) is 5.69 Å². The zero-order valence-corrected chi connectivity index (χ0v) is 22.5. The monoisotopic (exact) mass is 541 g/mol. The molecule has 186 valence electrons. The highest BCUT2D eigenvalue weighted by atomic mass is 35.5. The smallest absolute Gasteiger partial charge is 0.321 e. The molecule has 0 spiro atoms. The van der Waals surface area contributed by atoms with E-state index >= 15 is 0 Å². The Labute approximate surface area is 223 Å². The van der Waals surface area contributed by atoms with Crippen molar-refractivity contribution >= 4 is 84.6 Å². The molecule has 1 aliphatic rings. The van der Waals surface area contributed by atoms with E-state index in [1.165, 1.54) is 16.2 Å². The maximum atomic E-state index is 13.4. The first-order valence-corrected chi connectivity index (χ1v) is 12.6. The molecule has 2 aromatic carbocycles. The van der Waals surface area contributed by atoms with Crippen LogP contribution in [0.25, 0.3) is 15.1 Å². The van der Waals surface area contributed by atoms with E-state index in [1.54, 1.807) is 36.9 Å². The molecule has 0 saturated carbocycles. The van der Waals surface area contributed by atoms with Gasteiger partial charge in [-0.3, -0.25) is 15.0 Å². The molecule has 0 unspecified atom stereocenters. The lowest BCUT2D eigenvalue weighted by Gasteiger charge is -2.29. The van der Waals surface area contributed by atoms with Gasteiger partial charge in [0.05, 0.1) is 22.5 Å². The van der Waals surface area contributed by atoms with Crippen molar-refractivity contribution in [1.29, 1.82) is 0 Å². The van der Waals surface area contributed by atoms with Crippen molar-refractivity contribution in [2.75, 3.05) is 42.3 Å². The summed E-state index contributed by atoms with van der Waals surface area (Å²) in [5.74, 6) is -0.214. The van der Waals surface area contributed by atoms with Gasteiger partial charge in [-0.1, -0.05) is 29.0 Å². The summed E-state index contributed by atoms with van der Waals surface area (Å²) in [5, 5.41) is 6.59. The quantitative estimate of drug-likeness (QED) is 0.333. The van der Waals surface area contributed by atoms with E-state index in [4.69, 9.17) is 30.4 Å². The Kier molecular flexibility index (Phi) is 7.15. The number of fused-ring (bicyclic) bond motifs is 1. The molecule has 2 N–H and O–H groups in total. The van der Waals surface area contributed by atoms with E-state index < -0.39 is 5.54 Å². The Bertz CT molecular complexity index is 1410. The summed E-state index contributed by atoms with van der Waals surface area (Å²) in [6.45, 7) is 12.0. The maximum absolute atomic E-state index is 13.4. The van der Waals surface area contributed by atoms with Crippen LogP contribution in [0.1, 0.15) is 13.8 Å². The van der Waals surface area contributed by atoms with Crippen LogP contribution >= 0.6 is 35.2 Å². The first kappa shape index (κ1) is 25.8. The van der Waals surface area contributed by atoms with Gasteiger partial charge in [-0.05, 0) is 70.5 Å². The van der Waals surface area contributed by atoms with E-state index in [1.807, 2.05) is 37.2 Å². The number of benzene rings is 2. The van der Waals surface area contributed by atoms with E-state index in [9.17, 15) is 9.59 Å². The van der Waals surface area contributed by atoms with Crippen LogP contribution in [0.3, 0.4) is 0 Å². The summed E-state index contributed by atoms with van der Waals surface area (Å²) >= 11 is 13.3. The van der Waals surface area contributed by atoms with E-state index in [2.05, 4.69) is 20.5 Å². The Hall–Kier alpha value is -3.30. The van der Waals surface area contributed by atoms with Crippen LogP contribution in [0.15, 0.2) is 36.4 Å². The molecule has 1 fully saturated rings. The van der Waals surface area contributed by atoms with E-state index in [0.717, 1.165) is 11.2 Å². The number of thiazole rings is 1. The van der Waals surface area contributed by atoms with Gasteiger partial charge in [0.1, 0.15) is 5.54 Å². The number of carbonyl (C=O) groups is 2. The van der Waals surface area contributed by atoms with Gasteiger partial charge >= 0.3 is 6.03 Å². The van der Waals surface area contributed by atoms with E-state index in [0.29, 0.717) is 39.4 Å². The van der Waals surface area contributed by atoms with Crippen molar-refractivity contribution in [3.63, 3.8) is 0 Å². The number of anilines is 3. The van der Waals surface area contributed by atoms with Crippen LogP contribution in [0.2, 0.25) is 5.02 Å². The predicted octanol–water partition coefficient (Wildman–Crippen LogP) is 5.10. The van der Waals surface area contributed by atoms with Crippen LogP contribution in [0.4, 0.5) is 27.0 Å². The van der Waals surface area contributed by atoms with Gasteiger partial charge in [0, 0.05) is 23.8 Å². The fourth-order valence-electron chi connectivity index (χ4n) is 3.82. The highest BCUT2D eigenvalue weighted by Gasteiger charge is 2.50. The number of thiocarbonyl (C=S) groups is 1. The molecule has 36 heavy (non-hydrogen) atoms. The normalized spacial score (nSPS) is 15.0. The minimum atomic E-state index is -0.973. The van der Waals surface area contributed by atoms with Gasteiger partial charge < -0.3 is 15.1 Å². The molecule has 3 amide bonds. The Morgan fingerprint density at radius 3 is 2.64 bits per heavy atom. The van der Waals surface area contributed by atoms with Crippen LogP contribution in [0.5, 0.6) is 0 Å². The average Bonchev–Trinajstić information content (AvgIpc) is 3.27. The molecule has 0 aliphatic carbocycles. The molecular formula is C24H24ClN7O2S2. The summed E-state index contributed by atoms with van der Waals surface area (Å²) in [6.07, 6.45) is 0. The highest BCUT2D eigenvalue weighted by molar-refractivity contribution is 7.81. The van der Waals surface area contributed by atoms with Crippen molar-refractivity contribution in [3.05, 3.63) is 52.8 Å². The van der Waals surface area contributed by atoms with Gasteiger partial charge in [-0.2, -0.15) is 0 Å². The van der Waals surface area contributed by atoms with Gasteiger partial charge in [0.25, 0.3) is 5.91 Å². The molecule has 9 nitrogen and oxygen atoms in total. The first-order chi connectivity index (χ1) is 17.0. The molecule has 1 aliphatic heterocycles. The third-order valence-electron chi connectivity index (χ3n) is 5.67. The number of hydrogen-bond acceptors (Lipinski definition) is 6. The number of amides is 3. The standard InChI is InChI=1S/C24H24ClN7O2S2/c1-24(2)20(33)31(14-6-8-17(26-3)16(25)12-14)23(35)32(24)15-7-9-19-18(13-15)28-22(36-19)29-21(34)27-10-11-30(4)5/h6-9,12-13H,10-11H2,1-2,4-5H3,(H2,27,28,29,34). The molecule has 0 radical (unpaired) electrons. The van der Waals surface area contributed by atoms with E-state index in [-0.39, 0.29) is 17.0 Å². The molecule has 1 aromatic heterocycles. The number of halogens is 1. The number of hydrogen-bond donors (Lipinski definition) is 2. The highest BCUT2D eigenvalue weighted by Crippen LogP contribution is 2.40. The summed E-state index contributed by atoms with van der Waals surface area (Å²) in [4.78, 5) is 38.7. The molecule has 4 rings (SSSR count). The summed E-state index contributed by atoms with van der Waals surface area (Å²) in [7, 11) is 3.87. The second-order valence-corrected chi connectivity index (χ2v) is 10.7. The van der Waals surface area contributed by atoms with Crippen LogP contribution in [0, 0.1) is 6.57 Å². The number of nitrogens with one attached hydrogen (secondary N) is 2. The predicted molar refractivity (Wildman–Crippen MR) is 150 cm³/mol. The van der Waals surface area contributed by atoms with Crippen LogP contribution < -0.4 is 20.4 Å². The number of aromatic nitrogens is 1. The topological polar surface area (TPSA) is 85.2 Å². The first-order valence-electron chi connectivity index (χ1n) is 11.0. The summed E-state index contributed by atoms with van der Waals surface area (Å²) in [5.41, 5.74) is 1.21. The molecular weight excluding hydrogens is 518 g/mol. The molecule has 0 bridgehead atoms. The summed E-state index contributed by atoms with van der Waals surface area (Å²) in [6, 6.07) is 10.1. The third-order valence-corrected chi connectivity index (χ3v) is 7.29. The maximum Gasteiger partial charge on any atom is 0.321 e. The SMILES string of the molecule is [C-]#[N+]c1ccc(N2C(=O)C(C)(C)N(c3ccc4sc(NC(=O)NCCN(C)C)nc4c3)C2=S)cc1Cl. The van der Waals surface area contributed by atoms with Crippen molar-refractivity contribution in [1.82, 2.24) is 15.2 Å². The van der Waals surface area contributed by atoms with Gasteiger partial charge in [-0.25, -0.2) is 14.6 Å². The van der Waals surface area contributed by atoms with Crippen LogP contribution in [-0.4, -0.2) is 59.7 Å². The largest absolute Gasteiger partial charge is 0.337 e. The zero-order chi connectivity index (χ0) is 26.2. The zero-order valence-electron chi connectivity index (χ0n) is 20.1. The number of carbonyl (C=O) groups excluding carboxylic acids is 2. The summed E-state index contributed by atoms with van der Waals surface area (Å²) < 4.78 is 0.884. The lowest BCUT2D eigenvalue weighted by atomic mass is 10.0. The van der Waals surface area contributed by atoms with Crippen molar-refractivity contribution in [2.45, 2.75) is 19.4 Å². The second kappa shape index (κ2) is 9.99. The molecule has 2 heterocycles. The molecule has 1 saturated heterocycles. The van der Waals surface area contributed by atoms with Gasteiger partial charge in [0.15, 0.2) is 10.2 Å². The fraction of sp³-hybridized carbons (Fsp3) is 0.292. The van der Waals surface area contributed by atoms with Crippen molar-refractivity contribution in [2.24, 2.45) is 0 Å². The Morgan fingerprint density at radius 1 is 1.25 bits per heavy atom. The minimum absolute atomic E-state index is 0.214. The third kappa shape index (κ3) is 4.85. The number of likely N-dealkylation sites (N-methyl/N-ethyl adjacent to an activating group) is 1. The molecule has 0 atom stereocenters. The van der Waals surface area contributed by atoms with Crippen molar-refractivity contribution < 1.29 is 9.59 Å². The lowest BCUT2D eigenvalue weighted by molar-refractivity contribution is -0.120. The number of rotatable bonds is 6. The van der Waals surface area contributed by atoms with Gasteiger partial charge in [-0.15, -0.1) is 0 Å². The second-order valence-electron chi connectivity index (χ2n) is 8.92. The van der Waals surface area contributed by atoms with Crippen LogP contribution in [-0.2, 0) is 4.79 Å².